The second kappa shape index (κ2) is 4.81. The molecule has 1 saturated carbocycles. The molecule has 1 aliphatic carbocycles. The number of rotatable bonds is 3. The molecule has 5 heteroatoms. The van der Waals surface area contributed by atoms with Gasteiger partial charge in [-0.15, -0.1) is 0 Å². The van der Waals surface area contributed by atoms with Gasteiger partial charge in [-0.25, -0.2) is 4.52 Å². The number of fused-ring (bicyclic) bond motifs is 1. The predicted molar refractivity (Wildman–Crippen MR) is 74.1 cm³/mol. The fourth-order valence-electron chi connectivity index (χ4n) is 3.05. The summed E-state index contributed by atoms with van der Waals surface area (Å²) in [7, 11) is 0. The summed E-state index contributed by atoms with van der Waals surface area (Å²) in [4.78, 5) is 12.3. The highest BCUT2D eigenvalue weighted by atomic mass is 16.1. The van der Waals surface area contributed by atoms with Gasteiger partial charge in [0.25, 0.3) is 5.56 Å². The quantitative estimate of drug-likeness (QED) is 0.905. The molecule has 2 aromatic heterocycles. The second-order valence-corrected chi connectivity index (χ2v) is 5.58. The van der Waals surface area contributed by atoms with Gasteiger partial charge in [-0.2, -0.15) is 5.10 Å². The maximum Gasteiger partial charge on any atom is 0.276 e. The second-order valence-electron chi connectivity index (χ2n) is 5.58. The highest BCUT2D eigenvalue weighted by Gasteiger charge is 2.22. The van der Waals surface area contributed by atoms with Crippen LogP contribution in [0.4, 0.5) is 0 Å². The Morgan fingerprint density at radius 3 is 2.89 bits per heavy atom. The maximum absolute atomic E-state index is 12.3. The van der Waals surface area contributed by atoms with Crippen LogP contribution in [0.2, 0.25) is 0 Å². The lowest BCUT2D eigenvalue weighted by molar-refractivity contribution is 0.383. The van der Waals surface area contributed by atoms with Crippen molar-refractivity contribution in [2.24, 2.45) is 11.7 Å². The van der Waals surface area contributed by atoms with Crippen molar-refractivity contribution in [3.05, 3.63) is 34.5 Å². The molecule has 1 fully saturated rings. The molecule has 0 spiro atoms. The van der Waals surface area contributed by atoms with Gasteiger partial charge in [0.2, 0.25) is 0 Å². The van der Waals surface area contributed by atoms with Gasteiger partial charge in [0.1, 0.15) is 5.52 Å². The fourth-order valence-corrected chi connectivity index (χ4v) is 3.05. The van der Waals surface area contributed by atoms with Crippen LogP contribution in [0, 0.1) is 12.8 Å². The van der Waals surface area contributed by atoms with Gasteiger partial charge in [0.05, 0.1) is 5.69 Å². The molecule has 19 heavy (non-hydrogen) atoms. The molecule has 2 heterocycles. The fraction of sp³-hybridized carbons (Fsp3) is 0.571. The third kappa shape index (κ3) is 2.30. The molecule has 1 aliphatic rings. The number of aromatic nitrogens is 3. The lowest BCUT2D eigenvalue weighted by Crippen LogP contribution is -2.37. The third-order valence-corrected chi connectivity index (χ3v) is 4.14. The molecular formula is C14H20N4O. The molecule has 2 aromatic rings. The van der Waals surface area contributed by atoms with E-state index in [4.69, 9.17) is 5.73 Å². The zero-order valence-electron chi connectivity index (χ0n) is 11.2. The zero-order valence-corrected chi connectivity index (χ0v) is 11.2. The minimum Gasteiger partial charge on any atom is -0.326 e. The molecule has 5 nitrogen and oxygen atoms in total. The van der Waals surface area contributed by atoms with E-state index in [9.17, 15) is 4.79 Å². The van der Waals surface area contributed by atoms with Crippen molar-refractivity contribution in [2.45, 2.75) is 45.2 Å². The van der Waals surface area contributed by atoms with Crippen molar-refractivity contribution in [2.75, 3.05) is 0 Å². The summed E-state index contributed by atoms with van der Waals surface area (Å²) in [6, 6.07) is 1.89. The van der Waals surface area contributed by atoms with E-state index in [2.05, 4.69) is 5.10 Å². The van der Waals surface area contributed by atoms with Crippen LogP contribution < -0.4 is 11.3 Å². The summed E-state index contributed by atoms with van der Waals surface area (Å²) >= 11 is 0. The molecule has 1 atom stereocenters. The smallest absolute Gasteiger partial charge is 0.276 e. The molecule has 0 saturated heterocycles. The van der Waals surface area contributed by atoms with Crippen LogP contribution in [-0.4, -0.2) is 20.2 Å². The summed E-state index contributed by atoms with van der Waals surface area (Å²) in [5.41, 5.74) is 7.72. The van der Waals surface area contributed by atoms with Crippen LogP contribution in [0.15, 0.2) is 23.3 Å². The molecule has 0 radical (unpaired) electrons. The lowest BCUT2D eigenvalue weighted by Gasteiger charge is -2.19. The summed E-state index contributed by atoms with van der Waals surface area (Å²) in [5, 5.41) is 4.24. The normalized spacial score (nSPS) is 18.2. The van der Waals surface area contributed by atoms with E-state index in [1.54, 1.807) is 15.3 Å². The molecule has 0 bridgehead atoms. The highest BCUT2D eigenvalue weighted by Crippen LogP contribution is 2.27. The van der Waals surface area contributed by atoms with Gasteiger partial charge in [-0.3, -0.25) is 4.79 Å². The van der Waals surface area contributed by atoms with Crippen LogP contribution in [0.5, 0.6) is 0 Å². The van der Waals surface area contributed by atoms with Crippen molar-refractivity contribution in [3.63, 3.8) is 0 Å². The summed E-state index contributed by atoms with van der Waals surface area (Å²) < 4.78 is 3.36. The summed E-state index contributed by atoms with van der Waals surface area (Å²) in [6.07, 6.45) is 8.55. The zero-order chi connectivity index (χ0) is 13.4. The van der Waals surface area contributed by atoms with Crippen molar-refractivity contribution in [1.29, 1.82) is 0 Å². The first-order valence-corrected chi connectivity index (χ1v) is 6.96. The number of nitrogens with two attached hydrogens (primary N) is 1. The lowest BCUT2D eigenvalue weighted by atomic mass is 9.99. The molecular weight excluding hydrogens is 240 g/mol. The summed E-state index contributed by atoms with van der Waals surface area (Å²) in [6.45, 7) is 2.49. The molecule has 2 N–H and O–H groups in total. The first-order chi connectivity index (χ1) is 9.15. The standard InChI is InChI=1S/C14H20N4O/c1-10-8-13-14(19)17(6-7-18(13)16-10)9-12(15)11-4-2-3-5-11/h6-8,11-12H,2-5,9,15H2,1H3. The number of aryl methyl sites for hydroxylation is 1. The van der Waals surface area contributed by atoms with Gasteiger partial charge >= 0.3 is 0 Å². The Kier molecular flexibility index (Phi) is 3.14. The molecule has 102 valence electrons. The van der Waals surface area contributed by atoms with Gasteiger partial charge in [-0.1, -0.05) is 12.8 Å². The largest absolute Gasteiger partial charge is 0.326 e. The Morgan fingerprint density at radius 2 is 2.16 bits per heavy atom. The van der Waals surface area contributed by atoms with E-state index in [1.807, 2.05) is 19.2 Å². The van der Waals surface area contributed by atoms with Crippen LogP contribution in [0.3, 0.4) is 0 Å². The van der Waals surface area contributed by atoms with Gasteiger partial charge < -0.3 is 10.3 Å². The average Bonchev–Trinajstić information content (AvgIpc) is 3.01. The van der Waals surface area contributed by atoms with Crippen molar-refractivity contribution in [3.8, 4) is 0 Å². The Bertz CT molecular complexity index is 636. The Balaban J connectivity index is 1.88. The van der Waals surface area contributed by atoms with E-state index < -0.39 is 0 Å². The average molecular weight is 260 g/mol. The van der Waals surface area contributed by atoms with Gasteiger partial charge in [-0.05, 0) is 31.7 Å². The molecule has 3 rings (SSSR count). The van der Waals surface area contributed by atoms with E-state index >= 15 is 0 Å². The Hall–Kier alpha value is -1.62. The monoisotopic (exact) mass is 260 g/mol. The minimum absolute atomic E-state index is 0.00320. The Morgan fingerprint density at radius 1 is 1.42 bits per heavy atom. The van der Waals surface area contributed by atoms with E-state index in [0.717, 1.165) is 5.69 Å². The minimum atomic E-state index is -0.00320. The van der Waals surface area contributed by atoms with Crippen LogP contribution in [-0.2, 0) is 6.54 Å². The Labute approximate surface area is 112 Å². The number of hydrogen-bond donors (Lipinski definition) is 1. The molecule has 0 aliphatic heterocycles. The van der Waals surface area contributed by atoms with Crippen LogP contribution >= 0.6 is 0 Å². The highest BCUT2D eigenvalue weighted by molar-refractivity contribution is 5.44. The van der Waals surface area contributed by atoms with E-state index in [1.165, 1.54) is 25.7 Å². The molecule has 1 unspecified atom stereocenters. The van der Waals surface area contributed by atoms with Gasteiger partial charge in [0, 0.05) is 25.0 Å². The number of hydrogen-bond acceptors (Lipinski definition) is 3. The van der Waals surface area contributed by atoms with Crippen molar-refractivity contribution < 1.29 is 0 Å². The third-order valence-electron chi connectivity index (χ3n) is 4.14. The maximum atomic E-state index is 12.3. The predicted octanol–water partition coefficient (Wildman–Crippen LogP) is 1.32. The van der Waals surface area contributed by atoms with Crippen molar-refractivity contribution >= 4 is 5.52 Å². The van der Waals surface area contributed by atoms with Crippen LogP contribution in [0.25, 0.3) is 5.52 Å². The first-order valence-electron chi connectivity index (χ1n) is 6.96. The molecule has 0 aromatic carbocycles. The van der Waals surface area contributed by atoms with Gasteiger partial charge in [0.15, 0.2) is 0 Å². The van der Waals surface area contributed by atoms with Crippen LogP contribution in [0.1, 0.15) is 31.4 Å². The summed E-state index contributed by atoms with van der Waals surface area (Å²) in [5.74, 6) is 0.565. The topological polar surface area (TPSA) is 65.3 Å². The van der Waals surface area contributed by atoms with E-state index in [-0.39, 0.29) is 11.6 Å². The number of nitrogens with zero attached hydrogens (tertiary/aromatic N) is 3. The first kappa shape index (κ1) is 12.4. The van der Waals surface area contributed by atoms with Crippen molar-refractivity contribution in [1.82, 2.24) is 14.2 Å². The molecule has 0 amide bonds. The SMILES string of the molecule is Cc1cc2c(=O)n(CC(N)C3CCCC3)ccn2n1. The van der Waals surface area contributed by atoms with E-state index in [0.29, 0.717) is 18.0 Å².